The Hall–Kier alpha value is -2.69. The molecular weight excluding hydrogens is 346 g/mol. The summed E-state index contributed by atoms with van der Waals surface area (Å²) in [5.41, 5.74) is 7.54. The van der Waals surface area contributed by atoms with Crippen LogP contribution in [0.25, 0.3) is 22.8 Å². The minimum Gasteiger partial charge on any atom is -0.257 e. The van der Waals surface area contributed by atoms with Crippen molar-refractivity contribution in [3.63, 3.8) is 0 Å². The molecule has 0 bridgehead atoms. The molecular formula is C23H29N5. The van der Waals surface area contributed by atoms with Crippen LogP contribution >= 0.6 is 0 Å². The van der Waals surface area contributed by atoms with Gasteiger partial charge in [0.15, 0.2) is 0 Å². The molecule has 5 heteroatoms. The fourth-order valence-electron chi connectivity index (χ4n) is 3.20. The highest BCUT2D eigenvalue weighted by atomic mass is 14.9. The Labute approximate surface area is 167 Å². The van der Waals surface area contributed by atoms with Crippen LogP contribution in [0.3, 0.4) is 0 Å². The van der Waals surface area contributed by atoms with Gasteiger partial charge in [-0.05, 0) is 50.7 Å². The van der Waals surface area contributed by atoms with E-state index in [1.165, 1.54) is 0 Å². The second-order valence-electron chi connectivity index (χ2n) is 7.31. The number of hydrogen-bond acceptors (Lipinski definition) is 5. The Morgan fingerprint density at radius 3 is 1.46 bits per heavy atom. The van der Waals surface area contributed by atoms with E-state index in [9.17, 15) is 0 Å². The van der Waals surface area contributed by atoms with E-state index in [1.54, 1.807) is 0 Å². The zero-order chi connectivity index (χ0) is 19.9. The first-order valence-corrected chi connectivity index (χ1v) is 10.2. The normalized spacial score (nSPS) is 11.0. The molecule has 0 N–H and O–H groups in total. The number of aromatic nitrogens is 5. The van der Waals surface area contributed by atoms with E-state index < -0.39 is 0 Å². The van der Waals surface area contributed by atoms with Gasteiger partial charge in [-0.3, -0.25) is 19.9 Å². The fourth-order valence-corrected chi connectivity index (χ4v) is 3.20. The predicted octanol–water partition coefficient (Wildman–Crippen LogP) is 5.30. The lowest BCUT2D eigenvalue weighted by Crippen LogP contribution is -2.01. The maximum Gasteiger partial charge on any atom is 0.107 e. The Bertz CT molecular complexity index is 829. The number of rotatable bonds is 8. The van der Waals surface area contributed by atoms with Crippen molar-refractivity contribution in [1.82, 2.24) is 24.9 Å². The summed E-state index contributed by atoms with van der Waals surface area (Å²) in [5.74, 6) is 0. The molecule has 3 aromatic rings. The number of unbranched alkanes of at least 4 members (excludes halogenated alkanes) is 2. The molecule has 3 rings (SSSR count). The molecule has 0 radical (unpaired) electrons. The highest BCUT2D eigenvalue weighted by Crippen LogP contribution is 2.26. The van der Waals surface area contributed by atoms with Crippen LogP contribution in [-0.4, -0.2) is 24.9 Å². The van der Waals surface area contributed by atoms with Crippen LogP contribution < -0.4 is 0 Å². The van der Waals surface area contributed by atoms with Crippen molar-refractivity contribution >= 4 is 0 Å². The second kappa shape index (κ2) is 9.49. The van der Waals surface area contributed by atoms with Gasteiger partial charge in [0.2, 0.25) is 0 Å². The summed E-state index contributed by atoms with van der Waals surface area (Å²) in [6, 6.07) is 2.14. The topological polar surface area (TPSA) is 64.5 Å². The van der Waals surface area contributed by atoms with E-state index in [2.05, 4.69) is 53.7 Å². The van der Waals surface area contributed by atoms with Crippen LogP contribution in [0.15, 0.2) is 30.9 Å². The lowest BCUT2D eigenvalue weighted by Gasteiger charge is -2.11. The van der Waals surface area contributed by atoms with Gasteiger partial charge in [-0.2, -0.15) is 0 Å². The summed E-state index contributed by atoms with van der Waals surface area (Å²) in [5, 5.41) is 0. The summed E-state index contributed by atoms with van der Waals surface area (Å²) in [4.78, 5) is 23.3. The predicted molar refractivity (Wildman–Crippen MR) is 113 cm³/mol. The molecule has 0 unspecified atom stereocenters. The van der Waals surface area contributed by atoms with Crippen LogP contribution in [0.2, 0.25) is 0 Å². The molecule has 5 nitrogen and oxygen atoms in total. The van der Waals surface area contributed by atoms with E-state index in [-0.39, 0.29) is 0 Å². The fraction of sp³-hybridized carbons (Fsp3) is 0.435. The third kappa shape index (κ3) is 4.77. The number of aryl methyl sites for hydroxylation is 4. The first-order chi connectivity index (χ1) is 13.6. The average Bonchev–Trinajstić information content (AvgIpc) is 2.72. The van der Waals surface area contributed by atoms with Gasteiger partial charge < -0.3 is 0 Å². The summed E-state index contributed by atoms with van der Waals surface area (Å²) in [7, 11) is 0. The lowest BCUT2D eigenvalue weighted by atomic mass is 10.1. The summed E-state index contributed by atoms with van der Waals surface area (Å²) in [6.45, 7) is 8.49. The average molecular weight is 376 g/mol. The zero-order valence-electron chi connectivity index (χ0n) is 17.4. The molecule has 0 fully saturated rings. The third-order valence-electron chi connectivity index (χ3n) is 4.87. The Balaban J connectivity index is 1.90. The van der Waals surface area contributed by atoms with Gasteiger partial charge >= 0.3 is 0 Å². The van der Waals surface area contributed by atoms with Gasteiger partial charge in [-0.15, -0.1) is 0 Å². The zero-order valence-corrected chi connectivity index (χ0v) is 17.4. The standard InChI is InChI=1S/C23H29N5/c1-5-7-9-18-12-26-20(14-24-18)22-16(3)11-17(4)23(28-22)21-15-25-19(13-27-21)10-8-6-2/h11-15H,5-10H2,1-4H3. The van der Waals surface area contributed by atoms with Gasteiger partial charge in [0.25, 0.3) is 0 Å². The highest BCUT2D eigenvalue weighted by Gasteiger charge is 2.13. The largest absolute Gasteiger partial charge is 0.257 e. The van der Waals surface area contributed by atoms with E-state index >= 15 is 0 Å². The molecule has 0 saturated heterocycles. The van der Waals surface area contributed by atoms with Crippen molar-refractivity contribution in [1.29, 1.82) is 0 Å². The van der Waals surface area contributed by atoms with Crippen molar-refractivity contribution in [2.75, 3.05) is 0 Å². The maximum absolute atomic E-state index is 4.89. The maximum atomic E-state index is 4.89. The van der Waals surface area contributed by atoms with E-state index in [0.29, 0.717) is 0 Å². The molecule has 0 aromatic carbocycles. The minimum atomic E-state index is 0.798. The van der Waals surface area contributed by atoms with E-state index in [1.807, 2.05) is 24.8 Å². The van der Waals surface area contributed by atoms with Gasteiger partial charge in [0, 0.05) is 12.4 Å². The molecule has 0 saturated carbocycles. The first-order valence-electron chi connectivity index (χ1n) is 10.2. The van der Waals surface area contributed by atoms with Crippen LogP contribution in [0, 0.1) is 13.8 Å². The van der Waals surface area contributed by atoms with Gasteiger partial charge in [0.05, 0.1) is 35.2 Å². The summed E-state index contributed by atoms with van der Waals surface area (Å²) >= 11 is 0. The molecule has 3 aromatic heterocycles. The van der Waals surface area contributed by atoms with E-state index in [4.69, 9.17) is 4.98 Å². The SMILES string of the molecule is CCCCc1cnc(-c2nc(-c3cnc(CCCC)cn3)c(C)cc2C)cn1. The quantitative estimate of drug-likeness (QED) is 0.535. The van der Waals surface area contributed by atoms with Crippen molar-refractivity contribution in [3.05, 3.63) is 53.4 Å². The molecule has 0 amide bonds. The Kier molecular flexibility index (Phi) is 6.80. The number of hydrogen-bond donors (Lipinski definition) is 0. The molecule has 28 heavy (non-hydrogen) atoms. The van der Waals surface area contributed by atoms with Crippen molar-refractivity contribution in [3.8, 4) is 22.8 Å². The van der Waals surface area contributed by atoms with Crippen molar-refractivity contribution in [2.24, 2.45) is 0 Å². The Morgan fingerprint density at radius 2 is 1.11 bits per heavy atom. The van der Waals surface area contributed by atoms with Gasteiger partial charge in [0.1, 0.15) is 11.4 Å². The van der Waals surface area contributed by atoms with Crippen molar-refractivity contribution in [2.45, 2.75) is 66.2 Å². The minimum absolute atomic E-state index is 0.798. The van der Waals surface area contributed by atoms with Crippen molar-refractivity contribution < 1.29 is 0 Å². The van der Waals surface area contributed by atoms with Crippen LogP contribution in [0.5, 0.6) is 0 Å². The van der Waals surface area contributed by atoms with Gasteiger partial charge in [-0.25, -0.2) is 4.98 Å². The smallest absolute Gasteiger partial charge is 0.107 e. The molecule has 0 aliphatic heterocycles. The molecule has 0 aliphatic carbocycles. The second-order valence-corrected chi connectivity index (χ2v) is 7.31. The highest BCUT2D eigenvalue weighted by molar-refractivity contribution is 5.66. The summed E-state index contributed by atoms with van der Waals surface area (Å²) in [6.07, 6.45) is 13.9. The molecule has 0 aliphatic rings. The lowest BCUT2D eigenvalue weighted by molar-refractivity contribution is 0.772. The first kappa shape index (κ1) is 20.1. The molecule has 146 valence electrons. The third-order valence-corrected chi connectivity index (χ3v) is 4.87. The Morgan fingerprint density at radius 1 is 0.643 bits per heavy atom. The van der Waals surface area contributed by atoms with E-state index in [0.717, 1.165) is 83.8 Å². The monoisotopic (exact) mass is 375 g/mol. The van der Waals surface area contributed by atoms with Crippen LogP contribution in [0.4, 0.5) is 0 Å². The van der Waals surface area contributed by atoms with Gasteiger partial charge in [-0.1, -0.05) is 32.8 Å². The number of pyridine rings is 1. The molecule has 3 heterocycles. The molecule has 0 spiro atoms. The summed E-state index contributed by atoms with van der Waals surface area (Å²) < 4.78 is 0. The van der Waals surface area contributed by atoms with Crippen LogP contribution in [0.1, 0.15) is 62.0 Å². The van der Waals surface area contributed by atoms with Crippen LogP contribution in [-0.2, 0) is 12.8 Å². The molecule has 0 atom stereocenters. The number of nitrogens with zero attached hydrogens (tertiary/aromatic N) is 5.